The van der Waals surface area contributed by atoms with Gasteiger partial charge < -0.3 is 9.47 Å². The topological polar surface area (TPSA) is 129 Å². The first-order chi connectivity index (χ1) is 14.1. The van der Waals surface area contributed by atoms with Crippen molar-refractivity contribution in [3.63, 3.8) is 0 Å². The minimum atomic E-state index is -3.75. The van der Waals surface area contributed by atoms with E-state index in [1.807, 2.05) is 6.07 Å². The van der Waals surface area contributed by atoms with Gasteiger partial charge in [-0.3, -0.25) is 8.37 Å². The molecule has 0 bridgehead atoms. The van der Waals surface area contributed by atoms with E-state index in [9.17, 15) is 22.1 Å². The van der Waals surface area contributed by atoms with E-state index in [1.54, 1.807) is 0 Å². The monoisotopic (exact) mass is 469 g/mol. The molecular weight excluding hydrogens is 434 g/mol. The van der Waals surface area contributed by atoms with Crippen molar-refractivity contribution in [2.75, 3.05) is 38.9 Å². The summed E-state index contributed by atoms with van der Waals surface area (Å²) < 4.78 is 65.9. The molecule has 0 aromatic rings. The second-order valence-electron chi connectivity index (χ2n) is 7.86. The molecule has 9 nitrogen and oxygen atoms in total. The van der Waals surface area contributed by atoms with Crippen LogP contribution in [0.25, 0.3) is 0 Å². The molecule has 1 aliphatic heterocycles. The molecule has 0 aromatic heterocycles. The quantitative estimate of drug-likeness (QED) is 0.247. The number of hydrogen-bond acceptors (Lipinski definition) is 9. The minimum absolute atomic E-state index is 0.0545. The maximum absolute atomic E-state index is 11.3. The van der Waals surface area contributed by atoms with Crippen LogP contribution in [0.2, 0.25) is 0 Å². The average molecular weight is 470 g/mol. The van der Waals surface area contributed by atoms with Gasteiger partial charge in [0.1, 0.15) is 5.41 Å². The Morgan fingerprint density at radius 1 is 0.933 bits per heavy atom. The second kappa shape index (κ2) is 13.6. The Labute approximate surface area is 181 Å². The van der Waals surface area contributed by atoms with Crippen LogP contribution in [0.1, 0.15) is 64.2 Å². The Balaban J connectivity index is 2.28. The lowest BCUT2D eigenvalue weighted by Crippen LogP contribution is -2.33. The van der Waals surface area contributed by atoms with Gasteiger partial charge in [0.05, 0.1) is 31.8 Å². The first-order valence-corrected chi connectivity index (χ1v) is 14.0. The molecule has 30 heavy (non-hydrogen) atoms. The zero-order valence-electron chi connectivity index (χ0n) is 18.0. The molecule has 0 spiro atoms. The largest absolute Gasteiger partial charge is 0.353 e. The summed E-state index contributed by atoms with van der Waals surface area (Å²) in [6.07, 6.45) is 10.7. The Bertz CT molecular complexity index is 688. The normalized spacial score (nSPS) is 18.2. The molecule has 0 N–H and O–H groups in total. The molecule has 1 saturated heterocycles. The van der Waals surface area contributed by atoms with Crippen LogP contribution < -0.4 is 0 Å². The van der Waals surface area contributed by atoms with Crippen molar-refractivity contribution >= 4 is 20.2 Å². The highest BCUT2D eigenvalue weighted by molar-refractivity contribution is 7.86. The van der Waals surface area contributed by atoms with Gasteiger partial charge in [0.15, 0.2) is 6.29 Å². The molecule has 1 aliphatic rings. The van der Waals surface area contributed by atoms with Gasteiger partial charge in [-0.2, -0.15) is 22.1 Å². The fourth-order valence-corrected chi connectivity index (χ4v) is 3.96. The minimum Gasteiger partial charge on any atom is -0.353 e. The van der Waals surface area contributed by atoms with Gasteiger partial charge >= 0.3 is 0 Å². The SMILES string of the molecule is CS(=O)(=O)OCC(C#N)(CCCCCCCCOC1CCCCO1)COS(C)(=O)=O. The molecule has 1 unspecified atom stereocenters. The number of nitrogens with zero attached hydrogens (tertiary/aromatic N) is 1. The fourth-order valence-electron chi connectivity index (χ4n) is 3.08. The number of rotatable bonds is 16. The third-order valence-corrected chi connectivity index (χ3v) is 5.92. The Morgan fingerprint density at radius 2 is 1.50 bits per heavy atom. The van der Waals surface area contributed by atoms with Crippen LogP contribution in [-0.4, -0.2) is 62.1 Å². The molecule has 1 rings (SSSR count). The third-order valence-electron chi connectivity index (χ3n) is 4.83. The number of unbranched alkanes of at least 4 members (excludes halogenated alkanes) is 5. The summed E-state index contributed by atoms with van der Waals surface area (Å²) in [4.78, 5) is 0. The highest BCUT2D eigenvalue weighted by atomic mass is 32.2. The highest BCUT2D eigenvalue weighted by Crippen LogP contribution is 2.27. The van der Waals surface area contributed by atoms with E-state index >= 15 is 0 Å². The molecule has 1 atom stereocenters. The van der Waals surface area contributed by atoms with Gasteiger partial charge in [-0.1, -0.05) is 32.1 Å². The van der Waals surface area contributed by atoms with Crippen molar-refractivity contribution in [2.45, 2.75) is 70.5 Å². The molecule has 0 amide bonds. The van der Waals surface area contributed by atoms with Crippen LogP contribution in [0, 0.1) is 16.7 Å². The molecule has 0 aromatic carbocycles. The summed E-state index contributed by atoms with van der Waals surface area (Å²) in [7, 11) is -7.51. The van der Waals surface area contributed by atoms with Crippen LogP contribution >= 0.6 is 0 Å². The van der Waals surface area contributed by atoms with E-state index in [-0.39, 0.29) is 12.7 Å². The summed E-state index contributed by atoms with van der Waals surface area (Å²) in [5.41, 5.74) is -1.33. The smallest absolute Gasteiger partial charge is 0.264 e. The van der Waals surface area contributed by atoms with Gasteiger partial charge in [0.2, 0.25) is 0 Å². The van der Waals surface area contributed by atoms with E-state index in [1.165, 1.54) is 0 Å². The Hall–Kier alpha value is -0.770. The van der Waals surface area contributed by atoms with Crippen LogP contribution in [0.5, 0.6) is 0 Å². The van der Waals surface area contributed by atoms with Gasteiger partial charge in [-0.25, -0.2) is 0 Å². The van der Waals surface area contributed by atoms with E-state index in [2.05, 4.69) is 0 Å². The van der Waals surface area contributed by atoms with E-state index in [4.69, 9.17) is 17.8 Å². The second-order valence-corrected chi connectivity index (χ2v) is 11.2. The summed E-state index contributed by atoms with van der Waals surface area (Å²) >= 11 is 0. The average Bonchev–Trinajstić information content (AvgIpc) is 2.68. The number of hydrogen-bond donors (Lipinski definition) is 0. The molecule has 1 heterocycles. The maximum atomic E-state index is 11.3. The summed E-state index contributed by atoms with van der Waals surface area (Å²) in [6, 6.07) is 2.00. The van der Waals surface area contributed by atoms with Crippen LogP contribution in [0.4, 0.5) is 0 Å². The van der Waals surface area contributed by atoms with Crippen molar-refractivity contribution in [2.24, 2.45) is 5.41 Å². The third kappa shape index (κ3) is 13.5. The molecule has 0 saturated carbocycles. The van der Waals surface area contributed by atoms with E-state index in [0.717, 1.165) is 70.5 Å². The Kier molecular flexibility index (Phi) is 12.4. The van der Waals surface area contributed by atoms with Crippen LogP contribution in [0.3, 0.4) is 0 Å². The fraction of sp³-hybridized carbons (Fsp3) is 0.947. The van der Waals surface area contributed by atoms with Gasteiger partial charge in [0.25, 0.3) is 20.2 Å². The predicted molar refractivity (Wildman–Crippen MR) is 111 cm³/mol. The van der Waals surface area contributed by atoms with Gasteiger partial charge in [-0.15, -0.1) is 0 Å². The first-order valence-electron chi connectivity index (χ1n) is 10.4. The van der Waals surface area contributed by atoms with Crippen molar-refractivity contribution in [3.8, 4) is 6.07 Å². The summed E-state index contributed by atoms with van der Waals surface area (Å²) in [5, 5.41) is 9.55. The maximum Gasteiger partial charge on any atom is 0.264 e. The van der Waals surface area contributed by atoms with Crippen molar-refractivity contribution < 1.29 is 34.7 Å². The number of nitriles is 1. The van der Waals surface area contributed by atoms with Crippen molar-refractivity contribution in [1.82, 2.24) is 0 Å². The Morgan fingerprint density at radius 3 is 2.00 bits per heavy atom. The molecule has 0 radical (unpaired) electrons. The van der Waals surface area contributed by atoms with E-state index < -0.39 is 38.9 Å². The number of ether oxygens (including phenoxy) is 2. The van der Waals surface area contributed by atoms with E-state index in [0.29, 0.717) is 13.0 Å². The van der Waals surface area contributed by atoms with Gasteiger partial charge in [0, 0.05) is 13.2 Å². The van der Waals surface area contributed by atoms with Crippen LogP contribution in [-0.2, 0) is 38.1 Å². The molecule has 11 heteroatoms. The lowest BCUT2D eigenvalue weighted by molar-refractivity contribution is -0.162. The molecule has 0 aliphatic carbocycles. The zero-order valence-corrected chi connectivity index (χ0v) is 19.6. The summed E-state index contributed by atoms with van der Waals surface area (Å²) in [6.45, 7) is 0.601. The zero-order chi connectivity index (χ0) is 22.5. The molecule has 176 valence electrons. The van der Waals surface area contributed by atoms with Crippen molar-refractivity contribution in [3.05, 3.63) is 0 Å². The summed E-state index contributed by atoms with van der Waals surface area (Å²) in [5.74, 6) is 0. The standard InChI is InChI=1S/C19H35NO8S2/c1-29(21,22)27-16-19(15-20,17-28-30(2,23)24)12-8-5-3-4-6-9-13-25-18-11-7-10-14-26-18/h18H,3-14,16-17H2,1-2H3. The van der Waals surface area contributed by atoms with Gasteiger partial charge in [-0.05, 0) is 32.1 Å². The molecular formula is C19H35NO8S2. The molecule has 1 fully saturated rings. The predicted octanol–water partition coefficient (Wildman–Crippen LogP) is 2.72. The van der Waals surface area contributed by atoms with Crippen molar-refractivity contribution in [1.29, 1.82) is 5.26 Å². The lowest BCUT2D eigenvalue weighted by Gasteiger charge is -2.25. The lowest BCUT2D eigenvalue weighted by atomic mass is 9.85. The first kappa shape index (κ1) is 27.3. The van der Waals surface area contributed by atoms with Crippen LogP contribution in [0.15, 0.2) is 0 Å². The highest BCUT2D eigenvalue weighted by Gasteiger charge is 2.33.